The van der Waals surface area contributed by atoms with E-state index in [4.69, 9.17) is 5.11 Å². The summed E-state index contributed by atoms with van der Waals surface area (Å²) in [6.07, 6.45) is 7.37. The molecular formula is C15H26N2O3. The number of carbonyl (C=O) groups is 2. The Labute approximate surface area is 120 Å². The van der Waals surface area contributed by atoms with Gasteiger partial charge in [0.15, 0.2) is 0 Å². The minimum absolute atomic E-state index is 0.0541. The minimum atomic E-state index is 0.0541. The zero-order valence-corrected chi connectivity index (χ0v) is 12.2. The van der Waals surface area contributed by atoms with E-state index < -0.39 is 0 Å². The summed E-state index contributed by atoms with van der Waals surface area (Å²) in [4.78, 5) is 28.0. The quantitative estimate of drug-likeness (QED) is 0.841. The van der Waals surface area contributed by atoms with Gasteiger partial charge in [0.25, 0.3) is 0 Å². The summed E-state index contributed by atoms with van der Waals surface area (Å²) >= 11 is 0. The van der Waals surface area contributed by atoms with Crippen LogP contribution in [0.2, 0.25) is 0 Å². The Bertz CT molecular complexity index is 344. The number of aliphatic hydroxyl groups excluding tert-OH is 1. The average Bonchev–Trinajstić information content (AvgIpc) is 2.65. The fourth-order valence-electron chi connectivity index (χ4n) is 3.24. The van der Waals surface area contributed by atoms with Crippen LogP contribution in [0.4, 0.5) is 0 Å². The summed E-state index contributed by atoms with van der Waals surface area (Å²) in [7, 11) is 0. The Morgan fingerprint density at radius 2 is 1.95 bits per heavy atom. The molecule has 2 rings (SSSR count). The molecule has 0 aromatic carbocycles. The van der Waals surface area contributed by atoms with Crippen molar-refractivity contribution < 1.29 is 14.7 Å². The van der Waals surface area contributed by atoms with Gasteiger partial charge >= 0.3 is 0 Å². The van der Waals surface area contributed by atoms with Crippen molar-refractivity contribution in [1.29, 1.82) is 0 Å². The third-order valence-electron chi connectivity index (χ3n) is 4.41. The predicted molar refractivity (Wildman–Crippen MR) is 76.1 cm³/mol. The fourth-order valence-corrected chi connectivity index (χ4v) is 3.24. The maximum atomic E-state index is 12.5. The van der Waals surface area contributed by atoms with Crippen LogP contribution in [0, 0.1) is 0 Å². The van der Waals surface area contributed by atoms with Crippen molar-refractivity contribution in [2.45, 2.75) is 57.4 Å². The van der Waals surface area contributed by atoms with Crippen molar-refractivity contribution in [1.82, 2.24) is 9.80 Å². The SMILES string of the molecule is O=C1CCCCCN1CC(=O)N1CCCCC1CCO. The molecule has 0 spiro atoms. The molecule has 2 heterocycles. The molecule has 5 heteroatoms. The lowest BCUT2D eigenvalue weighted by Crippen LogP contribution is -2.49. The molecule has 5 nitrogen and oxygen atoms in total. The van der Waals surface area contributed by atoms with Crippen molar-refractivity contribution in [3.8, 4) is 0 Å². The molecule has 2 aliphatic rings. The predicted octanol–water partition coefficient (Wildman–Crippen LogP) is 1.15. The molecule has 2 aliphatic heterocycles. The van der Waals surface area contributed by atoms with Crippen molar-refractivity contribution in [2.24, 2.45) is 0 Å². The van der Waals surface area contributed by atoms with Gasteiger partial charge < -0.3 is 14.9 Å². The van der Waals surface area contributed by atoms with E-state index in [0.29, 0.717) is 19.4 Å². The lowest BCUT2D eigenvalue weighted by Gasteiger charge is -2.36. The van der Waals surface area contributed by atoms with Gasteiger partial charge in [-0.15, -0.1) is 0 Å². The molecule has 2 fully saturated rings. The van der Waals surface area contributed by atoms with E-state index in [1.165, 1.54) is 0 Å². The Morgan fingerprint density at radius 3 is 2.75 bits per heavy atom. The summed E-state index contributed by atoms with van der Waals surface area (Å²) in [5.74, 6) is 0.171. The lowest BCUT2D eigenvalue weighted by atomic mass is 9.99. The summed E-state index contributed by atoms with van der Waals surface area (Å²) in [5, 5.41) is 9.12. The normalized spacial score (nSPS) is 24.6. The first-order chi connectivity index (χ1) is 9.72. The number of likely N-dealkylation sites (tertiary alicyclic amines) is 2. The van der Waals surface area contributed by atoms with Crippen LogP contribution in [-0.4, -0.2) is 59.0 Å². The monoisotopic (exact) mass is 282 g/mol. The summed E-state index contributed by atoms with van der Waals surface area (Å²) in [5.41, 5.74) is 0. The molecule has 2 saturated heterocycles. The Hall–Kier alpha value is -1.10. The highest BCUT2D eigenvalue weighted by Gasteiger charge is 2.28. The topological polar surface area (TPSA) is 60.9 Å². The van der Waals surface area contributed by atoms with Crippen molar-refractivity contribution in [2.75, 3.05) is 26.2 Å². The van der Waals surface area contributed by atoms with Gasteiger partial charge in [-0.1, -0.05) is 6.42 Å². The molecule has 0 aliphatic carbocycles. The molecule has 0 aromatic rings. The van der Waals surface area contributed by atoms with E-state index in [-0.39, 0.29) is 31.0 Å². The third kappa shape index (κ3) is 3.95. The number of rotatable bonds is 4. The lowest BCUT2D eigenvalue weighted by molar-refractivity contribution is -0.142. The summed E-state index contributed by atoms with van der Waals surface area (Å²) in [6.45, 7) is 1.83. The number of nitrogens with zero attached hydrogens (tertiary/aromatic N) is 2. The molecule has 114 valence electrons. The third-order valence-corrected chi connectivity index (χ3v) is 4.41. The molecule has 1 unspecified atom stereocenters. The average molecular weight is 282 g/mol. The molecule has 20 heavy (non-hydrogen) atoms. The number of aliphatic hydroxyl groups is 1. The number of hydrogen-bond acceptors (Lipinski definition) is 3. The van der Waals surface area contributed by atoms with Crippen LogP contribution < -0.4 is 0 Å². The first kappa shape index (κ1) is 15.3. The largest absolute Gasteiger partial charge is 0.396 e. The minimum Gasteiger partial charge on any atom is -0.396 e. The molecule has 2 amide bonds. The highest BCUT2D eigenvalue weighted by Crippen LogP contribution is 2.20. The molecule has 0 radical (unpaired) electrons. The molecule has 1 atom stereocenters. The van der Waals surface area contributed by atoms with E-state index in [0.717, 1.165) is 45.1 Å². The van der Waals surface area contributed by atoms with Gasteiger partial charge in [-0.2, -0.15) is 0 Å². The van der Waals surface area contributed by atoms with Gasteiger partial charge in [0.2, 0.25) is 11.8 Å². The van der Waals surface area contributed by atoms with Gasteiger partial charge in [-0.3, -0.25) is 9.59 Å². The second-order valence-electron chi connectivity index (χ2n) is 5.87. The van der Waals surface area contributed by atoms with Crippen LogP contribution in [-0.2, 0) is 9.59 Å². The maximum Gasteiger partial charge on any atom is 0.242 e. The van der Waals surface area contributed by atoms with E-state index in [1.54, 1.807) is 4.90 Å². The highest BCUT2D eigenvalue weighted by atomic mass is 16.3. The smallest absolute Gasteiger partial charge is 0.242 e. The van der Waals surface area contributed by atoms with E-state index in [1.807, 2.05) is 4.90 Å². The van der Waals surface area contributed by atoms with E-state index >= 15 is 0 Å². The maximum absolute atomic E-state index is 12.5. The zero-order chi connectivity index (χ0) is 14.4. The van der Waals surface area contributed by atoms with Gasteiger partial charge in [-0.05, 0) is 38.5 Å². The van der Waals surface area contributed by atoms with E-state index in [2.05, 4.69) is 0 Å². The van der Waals surface area contributed by atoms with Crippen molar-refractivity contribution >= 4 is 11.8 Å². The van der Waals surface area contributed by atoms with Gasteiger partial charge in [0, 0.05) is 32.2 Å². The Morgan fingerprint density at radius 1 is 1.15 bits per heavy atom. The second kappa shape index (κ2) is 7.62. The molecule has 0 aromatic heterocycles. The number of amides is 2. The van der Waals surface area contributed by atoms with Crippen LogP contribution in [0.3, 0.4) is 0 Å². The molecular weight excluding hydrogens is 256 g/mol. The highest BCUT2D eigenvalue weighted by molar-refractivity contribution is 5.85. The molecule has 1 N–H and O–H groups in total. The number of piperidine rings is 1. The van der Waals surface area contributed by atoms with Crippen LogP contribution in [0.1, 0.15) is 51.4 Å². The van der Waals surface area contributed by atoms with Gasteiger partial charge in [0.05, 0.1) is 6.54 Å². The first-order valence-corrected chi connectivity index (χ1v) is 7.90. The first-order valence-electron chi connectivity index (χ1n) is 7.90. The number of hydrogen-bond donors (Lipinski definition) is 1. The Balaban J connectivity index is 1.93. The van der Waals surface area contributed by atoms with Crippen molar-refractivity contribution in [3.05, 3.63) is 0 Å². The standard InChI is InChI=1S/C15H26N2O3/c18-11-8-13-6-3-5-10-17(13)15(20)12-16-9-4-1-2-7-14(16)19/h13,18H,1-12H2. The zero-order valence-electron chi connectivity index (χ0n) is 12.2. The van der Waals surface area contributed by atoms with E-state index in [9.17, 15) is 9.59 Å². The van der Waals surface area contributed by atoms with Crippen LogP contribution in [0.15, 0.2) is 0 Å². The van der Waals surface area contributed by atoms with Gasteiger partial charge in [-0.25, -0.2) is 0 Å². The van der Waals surface area contributed by atoms with Crippen molar-refractivity contribution in [3.63, 3.8) is 0 Å². The molecule has 0 saturated carbocycles. The van der Waals surface area contributed by atoms with Gasteiger partial charge in [0.1, 0.15) is 0 Å². The fraction of sp³-hybridized carbons (Fsp3) is 0.867. The molecule has 0 bridgehead atoms. The van der Waals surface area contributed by atoms with Crippen LogP contribution in [0.25, 0.3) is 0 Å². The Kier molecular flexibility index (Phi) is 5.83. The summed E-state index contributed by atoms with van der Waals surface area (Å²) in [6, 6.07) is 0.156. The summed E-state index contributed by atoms with van der Waals surface area (Å²) < 4.78 is 0. The van der Waals surface area contributed by atoms with Crippen LogP contribution in [0.5, 0.6) is 0 Å². The van der Waals surface area contributed by atoms with Crippen LogP contribution >= 0.6 is 0 Å². The number of carbonyl (C=O) groups excluding carboxylic acids is 2. The second-order valence-corrected chi connectivity index (χ2v) is 5.87.